The molecule has 178 valence electrons. The van der Waals surface area contributed by atoms with E-state index in [0.29, 0.717) is 5.75 Å². The van der Waals surface area contributed by atoms with Gasteiger partial charge in [0, 0.05) is 56.4 Å². The van der Waals surface area contributed by atoms with E-state index in [1.807, 2.05) is 48.8 Å². The highest BCUT2D eigenvalue weighted by Crippen LogP contribution is 2.23. The van der Waals surface area contributed by atoms with Gasteiger partial charge in [0.15, 0.2) is 0 Å². The monoisotopic (exact) mass is 456 g/mol. The number of carboxylic acids is 1. The van der Waals surface area contributed by atoms with Crippen LogP contribution in [0.3, 0.4) is 0 Å². The molecule has 1 saturated heterocycles. The van der Waals surface area contributed by atoms with Gasteiger partial charge in [-0.05, 0) is 57.2 Å². The van der Waals surface area contributed by atoms with E-state index in [2.05, 4.69) is 20.1 Å². The fourth-order valence-corrected chi connectivity index (χ4v) is 3.53. The number of nitrogens with one attached hydrogen (secondary N) is 1. The Labute approximate surface area is 194 Å². The number of piperazine rings is 1. The summed E-state index contributed by atoms with van der Waals surface area (Å²) in [6, 6.07) is 10.7. The summed E-state index contributed by atoms with van der Waals surface area (Å²) in [5.74, 6) is -0.485. The van der Waals surface area contributed by atoms with E-state index in [1.54, 1.807) is 20.8 Å². The summed E-state index contributed by atoms with van der Waals surface area (Å²) in [6.07, 6.45) is 2.98. The molecule has 3 rings (SSSR count). The molecule has 9 heteroatoms. The molecule has 1 unspecified atom stereocenters. The van der Waals surface area contributed by atoms with Crippen molar-refractivity contribution in [2.75, 3.05) is 42.6 Å². The molecule has 2 N–H and O–H groups in total. The van der Waals surface area contributed by atoms with Crippen molar-refractivity contribution in [2.24, 2.45) is 0 Å². The maximum atomic E-state index is 11.8. The molecule has 1 fully saturated rings. The van der Waals surface area contributed by atoms with Gasteiger partial charge in [0.1, 0.15) is 17.4 Å². The summed E-state index contributed by atoms with van der Waals surface area (Å²) in [5.41, 5.74) is 1.61. The zero-order valence-electron chi connectivity index (χ0n) is 19.4. The Morgan fingerprint density at radius 2 is 1.55 bits per heavy atom. The number of pyridine rings is 1. The SMILES string of the molecule is CC(C)(C)OC(=O)NC(CCOc1ccc(N2CCN(c3ccncc3)CC2)cc1)C(=O)O. The first kappa shape index (κ1) is 24.2. The number of benzene rings is 1. The number of nitrogens with zero attached hydrogens (tertiary/aromatic N) is 3. The standard InChI is InChI=1S/C24H32N4O5/c1-24(2,3)33-23(31)26-21(22(29)30)10-17-32-20-6-4-18(5-7-20)27-13-15-28(16-14-27)19-8-11-25-12-9-19/h4-9,11-12,21H,10,13-17H2,1-3H3,(H,26,31)(H,29,30). The highest BCUT2D eigenvalue weighted by atomic mass is 16.6. The van der Waals surface area contributed by atoms with Crippen molar-refractivity contribution in [3.8, 4) is 5.75 Å². The molecule has 1 aromatic heterocycles. The third kappa shape index (κ3) is 7.55. The number of carboxylic acid groups (broad SMARTS) is 1. The molecule has 0 spiro atoms. The summed E-state index contributed by atoms with van der Waals surface area (Å²) in [5, 5.41) is 11.7. The second kappa shape index (κ2) is 10.9. The van der Waals surface area contributed by atoms with Crippen LogP contribution in [0, 0.1) is 0 Å². The summed E-state index contributed by atoms with van der Waals surface area (Å²) in [6.45, 7) is 9.00. The summed E-state index contributed by atoms with van der Waals surface area (Å²) in [7, 11) is 0. The average Bonchev–Trinajstić information content (AvgIpc) is 2.78. The van der Waals surface area contributed by atoms with Gasteiger partial charge in [0.2, 0.25) is 0 Å². The molecular weight excluding hydrogens is 424 g/mol. The van der Waals surface area contributed by atoms with Crippen molar-refractivity contribution in [1.82, 2.24) is 10.3 Å². The predicted octanol–water partition coefficient (Wildman–Crippen LogP) is 3.16. The number of carbonyl (C=O) groups excluding carboxylic acids is 1. The molecule has 0 radical (unpaired) electrons. The number of hydrogen-bond acceptors (Lipinski definition) is 7. The molecule has 0 saturated carbocycles. The zero-order valence-corrected chi connectivity index (χ0v) is 19.4. The first-order valence-electron chi connectivity index (χ1n) is 11.1. The smallest absolute Gasteiger partial charge is 0.408 e. The third-order valence-electron chi connectivity index (χ3n) is 5.17. The van der Waals surface area contributed by atoms with Crippen molar-refractivity contribution >= 4 is 23.4 Å². The van der Waals surface area contributed by atoms with Gasteiger partial charge in [0.25, 0.3) is 0 Å². The van der Waals surface area contributed by atoms with E-state index in [4.69, 9.17) is 9.47 Å². The number of alkyl carbamates (subject to hydrolysis) is 1. The topological polar surface area (TPSA) is 104 Å². The number of carbonyl (C=O) groups is 2. The highest BCUT2D eigenvalue weighted by molar-refractivity contribution is 5.80. The van der Waals surface area contributed by atoms with E-state index in [9.17, 15) is 14.7 Å². The number of rotatable bonds is 8. The molecule has 0 bridgehead atoms. The largest absolute Gasteiger partial charge is 0.493 e. The Balaban J connectivity index is 1.44. The molecule has 1 aromatic carbocycles. The highest BCUT2D eigenvalue weighted by Gasteiger charge is 2.24. The molecule has 1 aliphatic heterocycles. The third-order valence-corrected chi connectivity index (χ3v) is 5.17. The Morgan fingerprint density at radius 1 is 1.00 bits per heavy atom. The van der Waals surface area contributed by atoms with Crippen molar-refractivity contribution in [1.29, 1.82) is 0 Å². The lowest BCUT2D eigenvalue weighted by Gasteiger charge is -2.37. The molecule has 1 amide bonds. The average molecular weight is 457 g/mol. The molecule has 0 aliphatic carbocycles. The maximum absolute atomic E-state index is 11.8. The lowest BCUT2D eigenvalue weighted by atomic mass is 10.2. The summed E-state index contributed by atoms with van der Waals surface area (Å²) in [4.78, 5) is 32.0. The maximum Gasteiger partial charge on any atom is 0.408 e. The number of aliphatic carboxylic acids is 1. The van der Waals surface area contributed by atoms with E-state index >= 15 is 0 Å². The van der Waals surface area contributed by atoms with Crippen LogP contribution in [-0.2, 0) is 9.53 Å². The van der Waals surface area contributed by atoms with Gasteiger partial charge in [-0.1, -0.05) is 0 Å². The quantitative estimate of drug-likeness (QED) is 0.624. The Bertz CT molecular complexity index is 907. The molecule has 33 heavy (non-hydrogen) atoms. The van der Waals surface area contributed by atoms with Gasteiger partial charge in [-0.2, -0.15) is 0 Å². The Morgan fingerprint density at radius 3 is 2.06 bits per heavy atom. The van der Waals surface area contributed by atoms with Crippen LogP contribution < -0.4 is 19.9 Å². The van der Waals surface area contributed by atoms with Crippen LogP contribution in [0.15, 0.2) is 48.8 Å². The van der Waals surface area contributed by atoms with Crippen LogP contribution in [0.5, 0.6) is 5.75 Å². The predicted molar refractivity (Wildman–Crippen MR) is 126 cm³/mol. The fourth-order valence-electron chi connectivity index (χ4n) is 3.53. The van der Waals surface area contributed by atoms with Gasteiger partial charge in [0.05, 0.1) is 6.61 Å². The molecule has 9 nitrogen and oxygen atoms in total. The molecule has 2 aromatic rings. The first-order chi connectivity index (χ1) is 15.7. The summed E-state index contributed by atoms with van der Waals surface area (Å²) < 4.78 is 10.8. The van der Waals surface area contributed by atoms with Gasteiger partial charge < -0.3 is 29.7 Å². The normalized spacial score (nSPS) is 15.0. The van der Waals surface area contributed by atoms with Gasteiger partial charge in [-0.25, -0.2) is 9.59 Å². The first-order valence-corrected chi connectivity index (χ1v) is 11.1. The van der Waals surface area contributed by atoms with Crippen LogP contribution in [0.4, 0.5) is 16.2 Å². The van der Waals surface area contributed by atoms with E-state index in [1.165, 1.54) is 5.69 Å². The van der Waals surface area contributed by atoms with E-state index < -0.39 is 23.7 Å². The van der Waals surface area contributed by atoms with Crippen LogP contribution in [-0.4, -0.2) is 66.6 Å². The van der Waals surface area contributed by atoms with Crippen molar-refractivity contribution < 1.29 is 24.2 Å². The molecule has 1 atom stereocenters. The minimum Gasteiger partial charge on any atom is -0.493 e. The minimum atomic E-state index is -1.13. The number of anilines is 2. The minimum absolute atomic E-state index is 0.118. The summed E-state index contributed by atoms with van der Waals surface area (Å²) >= 11 is 0. The lowest BCUT2D eigenvalue weighted by Crippen LogP contribution is -2.46. The van der Waals surface area contributed by atoms with Gasteiger partial charge in [-0.15, -0.1) is 0 Å². The molecular formula is C24H32N4O5. The second-order valence-corrected chi connectivity index (χ2v) is 8.85. The second-order valence-electron chi connectivity index (χ2n) is 8.85. The van der Waals surface area contributed by atoms with Crippen molar-refractivity contribution in [3.63, 3.8) is 0 Å². The van der Waals surface area contributed by atoms with Crippen molar-refractivity contribution in [3.05, 3.63) is 48.8 Å². The zero-order chi connectivity index (χ0) is 23.8. The Hall–Kier alpha value is -3.49. The van der Waals surface area contributed by atoms with Crippen LogP contribution in [0.25, 0.3) is 0 Å². The van der Waals surface area contributed by atoms with Crippen molar-refractivity contribution in [2.45, 2.75) is 38.8 Å². The van der Waals surface area contributed by atoms with Crippen LogP contribution >= 0.6 is 0 Å². The lowest BCUT2D eigenvalue weighted by molar-refractivity contribution is -0.139. The van der Waals surface area contributed by atoms with Gasteiger partial charge in [-0.3, -0.25) is 4.98 Å². The van der Waals surface area contributed by atoms with Gasteiger partial charge >= 0.3 is 12.1 Å². The molecule has 2 heterocycles. The number of aromatic nitrogens is 1. The number of ether oxygens (including phenoxy) is 2. The van der Waals surface area contributed by atoms with Crippen LogP contribution in [0.2, 0.25) is 0 Å². The fraction of sp³-hybridized carbons (Fsp3) is 0.458. The number of hydrogen-bond donors (Lipinski definition) is 2. The number of amides is 1. The van der Waals surface area contributed by atoms with E-state index in [0.717, 1.165) is 31.9 Å². The van der Waals surface area contributed by atoms with Crippen LogP contribution in [0.1, 0.15) is 27.2 Å². The Kier molecular flexibility index (Phi) is 7.97. The molecule has 1 aliphatic rings. The van der Waals surface area contributed by atoms with E-state index in [-0.39, 0.29) is 13.0 Å².